The van der Waals surface area contributed by atoms with Crippen molar-refractivity contribution in [2.75, 3.05) is 13.1 Å². The molecule has 1 amide bonds. The first-order valence-corrected chi connectivity index (χ1v) is 10.8. The van der Waals surface area contributed by atoms with Crippen molar-refractivity contribution in [1.82, 2.24) is 4.90 Å². The number of benzene rings is 1. The Labute approximate surface area is 168 Å². The molecule has 4 heteroatoms. The fraction of sp³-hybridized carbons (Fsp3) is 0.652. The Morgan fingerprint density at radius 3 is 2.26 bits per heavy atom. The molecule has 27 heavy (non-hydrogen) atoms. The van der Waals surface area contributed by atoms with Crippen molar-refractivity contribution in [2.24, 2.45) is 17.3 Å². The van der Waals surface area contributed by atoms with Gasteiger partial charge in [0.15, 0.2) is 0 Å². The van der Waals surface area contributed by atoms with Crippen LogP contribution in [-0.2, 0) is 16.0 Å². The van der Waals surface area contributed by atoms with E-state index in [1.54, 1.807) is 6.92 Å². The highest BCUT2D eigenvalue weighted by Gasteiger charge is 2.46. The van der Waals surface area contributed by atoms with Crippen LogP contribution in [0.25, 0.3) is 0 Å². The Kier molecular flexibility index (Phi) is 6.62. The van der Waals surface area contributed by atoms with E-state index in [1.807, 2.05) is 36.1 Å². The third-order valence-corrected chi connectivity index (χ3v) is 7.18. The zero-order valence-corrected chi connectivity index (χ0v) is 17.4. The molecule has 0 aromatic heterocycles. The van der Waals surface area contributed by atoms with Crippen LogP contribution in [0, 0.1) is 17.3 Å². The third kappa shape index (κ3) is 4.56. The van der Waals surface area contributed by atoms with E-state index in [9.17, 15) is 9.59 Å². The number of hydrogen-bond acceptors (Lipinski definition) is 2. The van der Waals surface area contributed by atoms with E-state index in [1.165, 1.54) is 32.1 Å². The Morgan fingerprint density at radius 2 is 1.70 bits per heavy atom. The van der Waals surface area contributed by atoms with E-state index in [4.69, 9.17) is 11.6 Å². The standard InChI is InChI=1S/C23H32ClNO2/c1-17(16-19-8-10-21(24)11-9-19)22(27)25-14-12-23(13-15-25,18(2)26)20-6-4-3-5-7-20/h8-11,17,20H,3-7,12-16H2,1-2H3/t17-/m1/s1. The quantitative estimate of drug-likeness (QED) is 0.685. The SMILES string of the molecule is CC(=O)C1(C2CCCCC2)CCN(C(=O)[C@H](C)Cc2ccc(Cl)cc2)CC1. The summed E-state index contributed by atoms with van der Waals surface area (Å²) in [6.45, 7) is 5.22. The molecule has 2 fully saturated rings. The van der Waals surface area contributed by atoms with Gasteiger partial charge < -0.3 is 4.90 Å². The van der Waals surface area contributed by atoms with E-state index in [0.717, 1.165) is 42.9 Å². The van der Waals surface area contributed by atoms with Gasteiger partial charge in [-0.15, -0.1) is 0 Å². The number of carbonyl (C=O) groups excluding carboxylic acids is 2. The van der Waals surface area contributed by atoms with Gasteiger partial charge in [0, 0.05) is 29.4 Å². The number of ketones is 1. The van der Waals surface area contributed by atoms with E-state index in [2.05, 4.69) is 0 Å². The summed E-state index contributed by atoms with van der Waals surface area (Å²) >= 11 is 5.95. The normalized spacial score (nSPS) is 21.7. The molecule has 0 N–H and O–H groups in total. The van der Waals surface area contributed by atoms with Crippen LogP contribution in [0.2, 0.25) is 5.02 Å². The fourth-order valence-corrected chi connectivity index (χ4v) is 5.33. The van der Waals surface area contributed by atoms with Gasteiger partial charge in [-0.1, -0.05) is 49.9 Å². The lowest BCUT2D eigenvalue weighted by Gasteiger charge is -2.46. The maximum absolute atomic E-state index is 12.9. The summed E-state index contributed by atoms with van der Waals surface area (Å²) in [6.07, 6.45) is 8.57. The average molecular weight is 390 g/mol. The second kappa shape index (κ2) is 8.77. The first kappa shape index (κ1) is 20.4. The number of halogens is 1. The molecular weight excluding hydrogens is 358 g/mol. The van der Waals surface area contributed by atoms with Crippen molar-refractivity contribution < 1.29 is 9.59 Å². The molecule has 1 aliphatic carbocycles. The van der Waals surface area contributed by atoms with Crippen LogP contribution >= 0.6 is 11.6 Å². The average Bonchev–Trinajstić information content (AvgIpc) is 2.69. The molecule has 1 saturated heterocycles. The van der Waals surface area contributed by atoms with E-state index < -0.39 is 0 Å². The number of piperidine rings is 1. The number of carbonyl (C=O) groups is 2. The van der Waals surface area contributed by atoms with Crippen molar-refractivity contribution in [2.45, 2.75) is 65.2 Å². The minimum absolute atomic E-state index is 0.0503. The molecule has 1 heterocycles. The highest BCUT2D eigenvalue weighted by atomic mass is 35.5. The molecule has 2 aliphatic rings. The second-order valence-electron chi connectivity index (χ2n) is 8.60. The summed E-state index contributed by atoms with van der Waals surface area (Å²) in [5, 5.41) is 0.719. The van der Waals surface area contributed by atoms with Gasteiger partial charge in [0.05, 0.1) is 0 Å². The summed E-state index contributed by atoms with van der Waals surface area (Å²) in [5.41, 5.74) is 0.953. The molecule has 3 rings (SSSR count). The van der Waals surface area contributed by atoms with Crippen LogP contribution in [-0.4, -0.2) is 29.7 Å². The van der Waals surface area contributed by atoms with Gasteiger partial charge in [0.1, 0.15) is 5.78 Å². The van der Waals surface area contributed by atoms with Gasteiger partial charge in [0.25, 0.3) is 0 Å². The van der Waals surface area contributed by atoms with Crippen molar-refractivity contribution in [3.05, 3.63) is 34.9 Å². The van der Waals surface area contributed by atoms with Crippen LogP contribution < -0.4 is 0 Å². The Hall–Kier alpha value is -1.35. The van der Waals surface area contributed by atoms with Gasteiger partial charge in [0.2, 0.25) is 5.91 Å². The lowest BCUT2D eigenvalue weighted by atomic mass is 9.62. The van der Waals surface area contributed by atoms with Crippen LogP contribution in [0.4, 0.5) is 0 Å². The topological polar surface area (TPSA) is 37.4 Å². The summed E-state index contributed by atoms with van der Waals surface area (Å²) in [6, 6.07) is 7.74. The maximum atomic E-state index is 12.9. The number of Topliss-reactive ketones (excluding diaryl/α,β-unsaturated/α-hetero) is 1. The van der Waals surface area contributed by atoms with Crippen molar-refractivity contribution in [1.29, 1.82) is 0 Å². The van der Waals surface area contributed by atoms with Gasteiger partial charge >= 0.3 is 0 Å². The van der Waals surface area contributed by atoms with E-state index in [-0.39, 0.29) is 17.2 Å². The molecule has 0 spiro atoms. The largest absolute Gasteiger partial charge is 0.342 e. The summed E-state index contributed by atoms with van der Waals surface area (Å²) in [4.78, 5) is 27.5. The van der Waals surface area contributed by atoms with Gasteiger partial charge in [-0.3, -0.25) is 9.59 Å². The van der Waals surface area contributed by atoms with Crippen LogP contribution in [0.15, 0.2) is 24.3 Å². The molecule has 0 unspecified atom stereocenters. The number of rotatable bonds is 5. The van der Waals surface area contributed by atoms with Crippen LogP contribution in [0.1, 0.15) is 64.4 Å². The van der Waals surface area contributed by atoms with Gasteiger partial charge in [-0.2, -0.15) is 0 Å². The zero-order valence-electron chi connectivity index (χ0n) is 16.7. The first-order valence-electron chi connectivity index (χ1n) is 10.5. The highest BCUT2D eigenvalue weighted by molar-refractivity contribution is 6.30. The molecule has 1 saturated carbocycles. The predicted octanol–water partition coefficient (Wildman–Crippen LogP) is 5.30. The number of hydrogen-bond donors (Lipinski definition) is 0. The van der Waals surface area contributed by atoms with Gasteiger partial charge in [-0.25, -0.2) is 0 Å². The maximum Gasteiger partial charge on any atom is 0.225 e. The molecule has 0 radical (unpaired) electrons. The van der Waals surface area contributed by atoms with Gasteiger partial charge in [-0.05, 0) is 62.6 Å². The smallest absolute Gasteiger partial charge is 0.225 e. The Balaban J connectivity index is 1.60. The van der Waals surface area contributed by atoms with E-state index >= 15 is 0 Å². The fourth-order valence-electron chi connectivity index (χ4n) is 5.20. The number of nitrogens with zero attached hydrogens (tertiary/aromatic N) is 1. The van der Waals surface area contributed by atoms with Crippen molar-refractivity contribution in [3.8, 4) is 0 Å². The van der Waals surface area contributed by atoms with Crippen molar-refractivity contribution >= 4 is 23.3 Å². The molecular formula is C23H32ClNO2. The number of likely N-dealkylation sites (tertiary alicyclic amines) is 1. The predicted molar refractivity (Wildman–Crippen MR) is 110 cm³/mol. The molecule has 1 aromatic rings. The third-order valence-electron chi connectivity index (χ3n) is 6.93. The molecule has 1 aliphatic heterocycles. The lowest BCUT2D eigenvalue weighted by Crippen LogP contribution is -2.50. The molecule has 3 nitrogen and oxygen atoms in total. The summed E-state index contributed by atoms with van der Waals surface area (Å²) in [7, 11) is 0. The minimum atomic E-state index is -0.184. The monoisotopic (exact) mass is 389 g/mol. The first-order chi connectivity index (χ1) is 12.9. The Morgan fingerprint density at radius 1 is 1.11 bits per heavy atom. The molecule has 148 valence electrons. The van der Waals surface area contributed by atoms with E-state index in [0.29, 0.717) is 11.7 Å². The molecule has 0 bridgehead atoms. The van der Waals surface area contributed by atoms with Crippen LogP contribution in [0.3, 0.4) is 0 Å². The highest BCUT2D eigenvalue weighted by Crippen LogP contribution is 2.46. The Bertz CT molecular complexity index is 655. The second-order valence-corrected chi connectivity index (χ2v) is 9.04. The minimum Gasteiger partial charge on any atom is -0.342 e. The lowest BCUT2D eigenvalue weighted by molar-refractivity contribution is -0.144. The van der Waals surface area contributed by atoms with Crippen molar-refractivity contribution in [3.63, 3.8) is 0 Å². The summed E-state index contributed by atoms with van der Waals surface area (Å²) < 4.78 is 0. The van der Waals surface area contributed by atoms with Crippen LogP contribution in [0.5, 0.6) is 0 Å². The summed E-state index contributed by atoms with van der Waals surface area (Å²) in [5.74, 6) is 1.03. The molecule has 1 atom stereocenters. The number of amides is 1. The molecule has 1 aromatic carbocycles. The zero-order chi connectivity index (χ0) is 19.4.